The Balaban J connectivity index is 2.25. The molecular formula is C13H18ClN. The molecule has 2 rings (SSSR count). The SMILES string of the molecule is CNC(c1ccc(Cl)cc1C)C1CCC1. The normalized spacial score (nSPS) is 18.6. The van der Waals surface area contributed by atoms with Gasteiger partial charge in [-0.2, -0.15) is 0 Å². The molecule has 1 unspecified atom stereocenters. The fourth-order valence-corrected chi connectivity index (χ4v) is 2.63. The fraction of sp³-hybridized carbons (Fsp3) is 0.538. The summed E-state index contributed by atoms with van der Waals surface area (Å²) in [5.41, 5.74) is 2.71. The lowest BCUT2D eigenvalue weighted by atomic mass is 9.76. The highest BCUT2D eigenvalue weighted by Gasteiger charge is 2.27. The van der Waals surface area contributed by atoms with Crippen LogP contribution in [0.15, 0.2) is 18.2 Å². The van der Waals surface area contributed by atoms with Crippen LogP contribution in [0.2, 0.25) is 5.02 Å². The molecule has 1 fully saturated rings. The molecule has 0 heterocycles. The van der Waals surface area contributed by atoms with Crippen molar-refractivity contribution < 1.29 is 0 Å². The van der Waals surface area contributed by atoms with Crippen molar-refractivity contribution in [2.24, 2.45) is 5.92 Å². The molecule has 82 valence electrons. The van der Waals surface area contributed by atoms with Crippen molar-refractivity contribution in [1.29, 1.82) is 0 Å². The molecule has 1 aliphatic carbocycles. The summed E-state index contributed by atoms with van der Waals surface area (Å²) in [7, 11) is 2.05. The summed E-state index contributed by atoms with van der Waals surface area (Å²) in [6.07, 6.45) is 4.09. The summed E-state index contributed by atoms with van der Waals surface area (Å²) in [4.78, 5) is 0. The largest absolute Gasteiger partial charge is 0.313 e. The number of benzene rings is 1. The van der Waals surface area contributed by atoms with E-state index in [1.54, 1.807) is 0 Å². The average molecular weight is 224 g/mol. The van der Waals surface area contributed by atoms with E-state index in [2.05, 4.69) is 31.4 Å². The molecule has 1 nitrogen and oxygen atoms in total. The van der Waals surface area contributed by atoms with Crippen LogP contribution in [0.3, 0.4) is 0 Å². The van der Waals surface area contributed by atoms with E-state index in [4.69, 9.17) is 11.6 Å². The van der Waals surface area contributed by atoms with Crippen molar-refractivity contribution in [3.05, 3.63) is 34.3 Å². The van der Waals surface area contributed by atoms with Crippen LogP contribution in [-0.2, 0) is 0 Å². The van der Waals surface area contributed by atoms with Gasteiger partial charge in [-0.25, -0.2) is 0 Å². The Kier molecular flexibility index (Phi) is 3.32. The highest BCUT2D eigenvalue weighted by atomic mass is 35.5. The van der Waals surface area contributed by atoms with E-state index < -0.39 is 0 Å². The topological polar surface area (TPSA) is 12.0 Å². The Hall–Kier alpha value is -0.530. The second-order valence-corrected chi connectivity index (χ2v) is 4.89. The van der Waals surface area contributed by atoms with E-state index >= 15 is 0 Å². The van der Waals surface area contributed by atoms with Crippen LogP contribution < -0.4 is 5.32 Å². The number of nitrogens with one attached hydrogen (secondary N) is 1. The van der Waals surface area contributed by atoms with Crippen LogP contribution in [0.4, 0.5) is 0 Å². The van der Waals surface area contributed by atoms with E-state index in [0.717, 1.165) is 10.9 Å². The van der Waals surface area contributed by atoms with E-state index in [1.807, 2.05) is 6.07 Å². The van der Waals surface area contributed by atoms with Crippen molar-refractivity contribution in [3.63, 3.8) is 0 Å². The minimum absolute atomic E-state index is 0.510. The third-order valence-corrected chi connectivity index (χ3v) is 3.73. The molecule has 1 saturated carbocycles. The second kappa shape index (κ2) is 4.54. The van der Waals surface area contributed by atoms with Crippen LogP contribution in [0.25, 0.3) is 0 Å². The Morgan fingerprint density at radius 3 is 2.60 bits per heavy atom. The summed E-state index contributed by atoms with van der Waals surface area (Å²) in [6.45, 7) is 2.14. The van der Waals surface area contributed by atoms with E-state index in [1.165, 1.54) is 30.4 Å². The van der Waals surface area contributed by atoms with Crippen LogP contribution in [0.5, 0.6) is 0 Å². The fourth-order valence-electron chi connectivity index (χ4n) is 2.41. The quantitative estimate of drug-likeness (QED) is 0.824. The standard InChI is InChI=1S/C13H18ClN/c1-9-8-11(14)6-7-12(9)13(15-2)10-4-3-5-10/h6-8,10,13,15H,3-5H2,1-2H3. The molecule has 0 bridgehead atoms. The van der Waals surface area contributed by atoms with Crippen LogP contribution >= 0.6 is 11.6 Å². The van der Waals surface area contributed by atoms with Gasteiger partial charge in [0, 0.05) is 11.1 Å². The second-order valence-electron chi connectivity index (χ2n) is 4.46. The molecular weight excluding hydrogens is 206 g/mol. The number of hydrogen-bond acceptors (Lipinski definition) is 1. The minimum atomic E-state index is 0.510. The maximum atomic E-state index is 5.97. The molecule has 1 aromatic carbocycles. The molecule has 0 saturated heterocycles. The first kappa shape index (κ1) is 11.0. The van der Waals surface area contributed by atoms with Gasteiger partial charge in [-0.3, -0.25) is 0 Å². The smallest absolute Gasteiger partial charge is 0.0408 e. The zero-order valence-electron chi connectivity index (χ0n) is 9.39. The van der Waals surface area contributed by atoms with Gasteiger partial charge in [-0.15, -0.1) is 0 Å². The van der Waals surface area contributed by atoms with Gasteiger partial charge in [0.2, 0.25) is 0 Å². The van der Waals surface area contributed by atoms with Gasteiger partial charge in [-0.1, -0.05) is 24.1 Å². The molecule has 0 aliphatic heterocycles. The third kappa shape index (κ3) is 2.19. The molecule has 0 spiro atoms. The number of aryl methyl sites for hydroxylation is 1. The van der Waals surface area contributed by atoms with Gasteiger partial charge >= 0.3 is 0 Å². The van der Waals surface area contributed by atoms with E-state index in [9.17, 15) is 0 Å². The lowest BCUT2D eigenvalue weighted by molar-refractivity contribution is 0.239. The van der Waals surface area contributed by atoms with Crippen molar-refractivity contribution >= 4 is 11.6 Å². The van der Waals surface area contributed by atoms with Crippen LogP contribution in [-0.4, -0.2) is 7.05 Å². The van der Waals surface area contributed by atoms with Gasteiger partial charge < -0.3 is 5.32 Å². The van der Waals surface area contributed by atoms with Gasteiger partial charge in [0.25, 0.3) is 0 Å². The van der Waals surface area contributed by atoms with Gasteiger partial charge in [-0.05, 0) is 56.0 Å². The zero-order valence-corrected chi connectivity index (χ0v) is 10.1. The van der Waals surface area contributed by atoms with Gasteiger partial charge in [0.15, 0.2) is 0 Å². The van der Waals surface area contributed by atoms with Gasteiger partial charge in [0.1, 0.15) is 0 Å². The summed E-state index contributed by atoms with van der Waals surface area (Å²) in [6, 6.07) is 6.72. The van der Waals surface area contributed by atoms with Gasteiger partial charge in [0.05, 0.1) is 0 Å². The molecule has 0 radical (unpaired) electrons. The van der Waals surface area contributed by atoms with Crippen LogP contribution in [0, 0.1) is 12.8 Å². The molecule has 1 N–H and O–H groups in total. The summed E-state index contributed by atoms with van der Waals surface area (Å²) < 4.78 is 0. The molecule has 0 aromatic heterocycles. The molecule has 2 heteroatoms. The first-order valence-electron chi connectivity index (χ1n) is 5.65. The lowest BCUT2D eigenvalue weighted by Crippen LogP contribution is -2.30. The lowest BCUT2D eigenvalue weighted by Gasteiger charge is -2.34. The molecule has 1 aromatic rings. The maximum absolute atomic E-state index is 5.97. The molecule has 15 heavy (non-hydrogen) atoms. The zero-order chi connectivity index (χ0) is 10.8. The minimum Gasteiger partial charge on any atom is -0.313 e. The molecule has 0 amide bonds. The predicted molar refractivity (Wildman–Crippen MR) is 65.3 cm³/mol. The number of halogens is 1. The van der Waals surface area contributed by atoms with E-state index in [-0.39, 0.29) is 0 Å². The Bertz CT molecular complexity index is 344. The first-order valence-corrected chi connectivity index (χ1v) is 6.03. The van der Waals surface area contributed by atoms with Crippen molar-refractivity contribution in [1.82, 2.24) is 5.32 Å². The monoisotopic (exact) mass is 223 g/mol. The Morgan fingerprint density at radius 1 is 1.40 bits per heavy atom. The molecule has 1 aliphatic rings. The van der Waals surface area contributed by atoms with Crippen LogP contribution in [0.1, 0.15) is 36.4 Å². The Morgan fingerprint density at radius 2 is 2.13 bits per heavy atom. The summed E-state index contributed by atoms with van der Waals surface area (Å²) in [5.74, 6) is 0.815. The summed E-state index contributed by atoms with van der Waals surface area (Å²) >= 11 is 5.97. The number of hydrogen-bond donors (Lipinski definition) is 1. The van der Waals surface area contributed by atoms with E-state index in [0.29, 0.717) is 6.04 Å². The highest BCUT2D eigenvalue weighted by molar-refractivity contribution is 6.30. The third-order valence-electron chi connectivity index (χ3n) is 3.50. The van der Waals surface area contributed by atoms with Crippen molar-refractivity contribution in [3.8, 4) is 0 Å². The van der Waals surface area contributed by atoms with Crippen molar-refractivity contribution in [2.45, 2.75) is 32.2 Å². The first-order chi connectivity index (χ1) is 7.22. The summed E-state index contributed by atoms with van der Waals surface area (Å²) in [5, 5.41) is 4.27. The average Bonchev–Trinajstić information content (AvgIpc) is 2.12. The number of rotatable bonds is 3. The van der Waals surface area contributed by atoms with Crippen molar-refractivity contribution in [2.75, 3.05) is 7.05 Å². The molecule has 1 atom stereocenters. The maximum Gasteiger partial charge on any atom is 0.0408 e. The highest BCUT2D eigenvalue weighted by Crippen LogP contribution is 2.38. The Labute approximate surface area is 96.8 Å². The predicted octanol–water partition coefficient (Wildman–Crippen LogP) is 3.71.